The van der Waals surface area contributed by atoms with Crippen molar-refractivity contribution >= 4 is 28.3 Å². The monoisotopic (exact) mass is 539 g/mol. The molecule has 4 rings (SSSR count). The molecule has 0 aliphatic heterocycles. The maximum atomic E-state index is 13.2. The number of carbonyl (C=O) groups excluding carboxylic acids is 1. The van der Waals surface area contributed by atoms with Crippen LogP contribution in [0.25, 0.3) is 10.9 Å². The number of benzene rings is 3. The van der Waals surface area contributed by atoms with Gasteiger partial charge in [-0.15, -0.1) is 0 Å². The molecule has 3 N–H and O–H groups in total. The number of nitrogens with two attached hydrogens (primary N) is 1. The van der Waals surface area contributed by atoms with Crippen molar-refractivity contribution in [1.29, 1.82) is 0 Å². The number of nitrogen functional groups attached to an aromatic ring is 1. The van der Waals surface area contributed by atoms with E-state index in [-0.39, 0.29) is 24.6 Å². The fourth-order valence-corrected chi connectivity index (χ4v) is 4.01. The van der Waals surface area contributed by atoms with E-state index in [9.17, 15) is 18.0 Å². The lowest BCUT2D eigenvalue weighted by atomic mass is 10.1. The molecule has 39 heavy (non-hydrogen) atoms. The van der Waals surface area contributed by atoms with E-state index in [1.807, 2.05) is 0 Å². The quantitative estimate of drug-likeness (QED) is 0.282. The van der Waals surface area contributed by atoms with Crippen molar-refractivity contribution in [2.24, 2.45) is 0 Å². The zero-order valence-corrected chi connectivity index (χ0v) is 21.9. The topological polar surface area (TPSA) is 103 Å². The van der Waals surface area contributed by atoms with Crippen molar-refractivity contribution < 1.29 is 27.4 Å². The number of hydrogen-bond donors (Lipinski definition) is 2. The van der Waals surface area contributed by atoms with Crippen LogP contribution in [0, 0.1) is 6.92 Å². The van der Waals surface area contributed by atoms with Gasteiger partial charge in [-0.1, -0.05) is 0 Å². The van der Waals surface area contributed by atoms with Crippen LogP contribution in [0.4, 0.5) is 24.7 Å². The number of methoxy groups -OCH3 is 1. The zero-order valence-electron chi connectivity index (χ0n) is 21.9. The summed E-state index contributed by atoms with van der Waals surface area (Å²) >= 11 is 0. The van der Waals surface area contributed by atoms with E-state index in [2.05, 4.69) is 15.3 Å². The fourth-order valence-electron chi connectivity index (χ4n) is 4.01. The van der Waals surface area contributed by atoms with E-state index in [1.165, 1.54) is 18.1 Å². The summed E-state index contributed by atoms with van der Waals surface area (Å²) in [6.07, 6.45) is -4.36. The average molecular weight is 540 g/mol. The third-order valence-electron chi connectivity index (χ3n) is 5.91. The molecule has 11 heteroatoms. The Hall–Kier alpha value is -4.54. The van der Waals surface area contributed by atoms with Gasteiger partial charge >= 0.3 is 6.18 Å². The number of aromatic nitrogens is 2. The Bertz CT molecular complexity index is 1520. The molecule has 0 atom stereocenters. The van der Waals surface area contributed by atoms with E-state index in [0.717, 1.165) is 12.1 Å². The van der Waals surface area contributed by atoms with Crippen molar-refractivity contribution in [1.82, 2.24) is 14.9 Å². The molecular weight excluding hydrogens is 511 g/mol. The number of aryl methyl sites for hydroxylation is 1. The van der Waals surface area contributed by atoms with Gasteiger partial charge in [0.05, 0.1) is 24.6 Å². The Labute approximate surface area is 223 Å². The molecule has 0 aliphatic carbocycles. The Morgan fingerprint density at radius 1 is 1.03 bits per heavy atom. The summed E-state index contributed by atoms with van der Waals surface area (Å²) in [7, 11) is 4.90. The molecule has 0 spiro atoms. The third kappa shape index (κ3) is 6.67. The van der Waals surface area contributed by atoms with Crippen molar-refractivity contribution in [3.8, 4) is 17.2 Å². The number of hydrogen-bond acceptors (Lipinski definition) is 7. The van der Waals surface area contributed by atoms with Gasteiger partial charge in [-0.25, -0.2) is 9.97 Å². The van der Waals surface area contributed by atoms with Crippen LogP contribution in [0.5, 0.6) is 17.2 Å². The smallest absolute Gasteiger partial charge is 0.416 e. The average Bonchev–Trinajstić information content (AvgIpc) is 2.86. The maximum Gasteiger partial charge on any atom is 0.416 e. The maximum absolute atomic E-state index is 13.2. The van der Waals surface area contributed by atoms with Crippen LogP contribution in [0.3, 0.4) is 0 Å². The fraction of sp³-hybridized carbons (Fsp3) is 0.250. The van der Waals surface area contributed by atoms with Gasteiger partial charge in [-0.2, -0.15) is 13.2 Å². The third-order valence-corrected chi connectivity index (χ3v) is 5.91. The lowest BCUT2D eigenvalue weighted by molar-refractivity contribution is -0.137. The second-order valence-corrected chi connectivity index (χ2v) is 9.15. The van der Waals surface area contributed by atoms with Crippen LogP contribution in [-0.4, -0.2) is 42.0 Å². The Morgan fingerprint density at radius 3 is 2.44 bits per heavy atom. The second kappa shape index (κ2) is 11.1. The largest absolute Gasteiger partial charge is 0.496 e. The van der Waals surface area contributed by atoms with E-state index in [4.69, 9.17) is 15.2 Å². The molecule has 4 aromatic rings. The van der Waals surface area contributed by atoms with Gasteiger partial charge in [0.1, 0.15) is 28.9 Å². The number of nitrogens with one attached hydrogen (secondary N) is 1. The molecule has 0 saturated heterocycles. The van der Waals surface area contributed by atoms with E-state index >= 15 is 0 Å². The van der Waals surface area contributed by atoms with Gasteiger partial charge < -0.3 is 25.4 Å². The minimum atomic E-state index is -4.50. The molecule has 0 aliphatic rings. The van der Waals surface area contributed by atoms with Crippen molar-refractivity contribution in [2.75, 3.05) is 32.3 Å². The minimum Gasteiger partial charge on any atom is -0.496 e. The van der Waals surface area contributed by atoms with Crippen LogP contribution in [0.1, 0.15) is 22.5 Å². The van der Waals surface area contributed by atoms with E-state index < -0.39 is 11.7 Å². The Balaban J connectivity index is 1.62. The molecule has 3 aromatic carbocycles. The number of likely N-dealkylation sites (N-methyl/N-ethyl adjacent to an activating group) is 1. The standard InChI is InChI=1S/C28H28F3N5O3/c1-16-34-24-7-5-22(39-21-6-8-25(38-4)18(11-21)12-26(37)36(2)3)14-23(24)27(35-16)33-15-17-9-19(28(29,30)31)13-20(32)10-17/h5-11,13-14H,12,15,32H2,1-4H3,(H,33,34,35). The van der Waals surface area contributed by atoms with E-state index in [1.54, 1.807) is 57.4 Å². The predicted octanol–water partition coefficient (Wildman–Crippen LogP) is 5.58. The highest BCUT2D eigenvalue weighted by atomic mass is 19.4. The summed E-state index contributed by atoms with van der Waals surface area (Å²) in [5, 5.41) is 3.73. The van der Waals surface area contributed by atoms with E-state index in [0.29, 0.717) is 50.9 Å². The number of rotatable bonds is 8. The summed E-state index contributed by atoms with van der Waals surface area (Å²) in [5.41, 5.74) is 6.58. The number of anilines is 2. The van der Waals surface area contributed by atoms with Gasteiger partial charge in [0.25, 0.3) is 0 Å². The molecule has 1 heterocycles. The van der Waals surface area contributed by atoms with Crippen molar-refractivity contribution in [3.05, 3.63) is 77.1 Å². The Kier molecular flexibility index (Phi) is 7.80. The molecule has 1 amide bonds. The zero-order chi connectivity index (χ0) is 28.3. The van der Waals surface area contributed by atoms with Gasteiger partial charge in [-0.05, 0) is 67.1 Å². The summed E-state index contributed by atoms with van der Waals surface area (Å²) in [4.78, 5) is 22.7. The first kappa shape index (κ1) is 27.5. The molecule has 1 aromatic heterocycles. The summed E-state index contributed by atoms with van der Waals surface area (Å²) in [6.45, 7) is 1.79. The normalized spacial score (nSPS) is 11.4. The lowest BCUT2D eigenvalue weighted by Crippen LogP contribution is -2.23. The highest BCUT2D eigenvalue weighted by molar-refractivity contribution is 5.90. The molecule has 0 unspecified atom stereocenters. The second-order valence-electron chi connectivity index (χ2n) is 9.15. The van der Waals surface area contributed by atoms with Crippen LogP contribution in [0.15, 0.2) is 54.6 Å². The molecule has 0 radical (unpaired) electrons. The number of fused-ring (bicyclic) bond motifs is 1. The first-order valence-electron chi connectivity index (χ1n) is 12.0. The highest BCUT2D eigenvalue weighted by Crippen LogP contribution is 2.33. The highest BCUT2D eigenvalue weighted by Gasteiger charge is 2.31. The molecule has 0 fully saturated rings. The lowest BCUT2D eigenvalue weighted by Gasteiger charge is -2.15. The molecule has 0 saturated carbocycles. The van der Waals surface area contributed by atoms with Gasteiger partial charge in [0, 0.05) is 37.3 Å². The number of alkyl halides is 3. The van der Waals surface area contributed by atoms with Crippen molar-refractivity contribution in [3.63, 3.8) is 0 Å². The molecule has 0 bridgehead atoms. The Morgan fingerprint density at radius 2 is 1.74 bits per heavy atom. The summed E-state index contributed by atoms with van der Waals surface area (Å²) in [6, 6.07) is 13.9. The van der Waals surface area contributed by atoms with Crippen LogP contribution >= 0.6 is 0 Å². The van der Waals surface area contributed by atoms with Gasteiger partial charge in [0.2, 0.25) is 5.91 Å². The first-order chi connectivity index (χ1) is 18.4. The van der Waals surface area contributed by atoms with Crippen LogP contribution in [0.2, 0.25) is 0 Å². The predicted molar refractivity (Wildman–Crippen MR) is 143 cm³/mol. The molecule has 204 valence electrons. The first-order valence-corrected chi connectivity index (χ1v) is 12.0. The summed E-state index contributed by atoms with van der Waals surface area (Å²) < 4.78 is 51.1. The number of halogens is 3. The van der Waals surface area contributed by atoms with Crippen molar-refractivity contribution in [2.45, 2.75) is 26.1 Å². The number of amides is 1. The summed E-state index contributed by atoms with van der Waals surface area (Å²) in [5.74, 6) is 2.40. The van der Waals surface area contributed by atoms with Crippen LogP contribution in [-0.2, 0) is 23.9 Å². The number of nitrogens with zero attached hydrogens (tertiary/aromatic N) is 3. The van der Waals surface area contributed by atoms with Gasteiger partial charge in [-0.3, -0.25) is 4.79 Å². The van der Waals surface area contributed by atoms with Crippen LogP contribution < -0.4 is 20.5 Å². The minimum absolute atomic E-state index is 0.0205. The number of ether oxygens (including phenoxy) is 2. The molecule has 8 nitrogen and oxygen atoms in total. The SMILES string of the molecule is COc1ccc(Oc2ccc3nc(C)nc(NCc4cc(N)cc(C(F)(F)F)c4)c3c2)cc1CC(=O)N(C)C. The molecular formula is C28H28F3N5O3. The number of carbonyl (C=O) groups is 1. The van der Waals surface area contributed by atoms with Gasteiger partial charge in [0.15, 0.2) is 0 Å².